The maximum absolute atomic E-state index is 9.69. The van der Waals surface area contributed by atoms with Crippen LogP contribution in [0.2, 0.25) is 0 Å². The summed E-state index contributed by atoms with van der Waals surface area (Å²) in [5.41, 5.74) is 2.85. The summed E-state index contributed by atoms with van der Waals surface area (Å²) in [6.07, 6.45) is 14.9. The first-order valence-corrected chi connectivity index (χ1v) is 17.4. The minimum Gasteiger partial charge on any atom is -0.487 e. The fourth-order valence-corrected chi connectivity index (χ4v) is 6.89. The minimum atomic E-state index is -0.226. The predicted octanol–water partition coefficient (Wildman–Crippen LogP) is 4.64. The second kappa shape index (κ2) is 15.8. The Morgan fingerprint density at radius 2 is 1.73 bits per heavy atom. The van der Waals surface area contributed by atoms with Crippen molar-refractivity contribution in [2.75, 3.05) is 51.4 Å². The number of hydrogen-bond donors (Lipinski definition) is 1. The van der Waals surface area contributed by atoms with E-state index in [1.165, 1.54) is 6.33 Å². The third-order valence-corrected chi connectivity index (χ3v) is 9.67. The summed E-state index contributed by atoms with van der Waals surface area (Å²) >= 11 is 0. The van der Waals surface area contributed by atoms with Gasteiger partial charge in [-0.3, -0.25) is 9.58 Å². The molecule has 1 aromatic carbocycles. The van der Waals surface area contributed by atoms with E-state index in [2.05, 4.69) is 41.0 Å². The van der Waals surface area contributed by atoms with Gasteiger partial charge in [0.25, 0.3) is 5.88 Å². The fraction of sp³-hybridized carbons (Fsp3) is 0.543. The van der Waals surface area contributed by atoms with Gasteiger partial charge in [-0.05, 0) is 69.1 Å². The van der Waals surface area contributed by atoms with Gasteiger partial charge >= 0.3 is 0 Å². The van der Waals surface area contributed by atoms with Crippen molar-refractivity contribution in [1.29, 1.82) is 5.26 Å². The average molecular weight is 669 g/mol. The first-order valence-electron chi connectivity index (χ1n) is 17.4. The van der Waals surface area contributed by atoms with Gasteiger partial charge in [0, 0.05) is 50.3 Å². The van der Waals surface area contributed by atoms with Crippen molar-refractivity contribution in [1.82, 2.24) is 39.4 Å². The van der Waals surface area contributed by atoms with E-state index in [-0.39, 0.29) is 6.10 Å². The Labute approximate surface area is 286 Å². The van der Waals surface area contributed by atoms with Crippen LogP contribution in [0.4, 0.5) is 11.6 Å². The standard InChI is InChI=1S/C35H44N10O4/c1-25(20-44-24-37-23-40-44)49-33-16-27(2-3-28(33)17-36)29-18-38-35(39-19-29)41-32-21-45(42-34(32)48-22-26-8-12-46-13-9-26)31-6-4-30(5-7-31)43-10-14-47-15-11-43/h2-3,16,18-19,21,23-26,30-31H,4-15,20,22H2,1H3,(H,38,39,41)/t25-,30-,31-/m0/s1. The average Bonchev–Trinajstić information content (AvgIpc) is 3.82. The summed E-state index contributed by atoms with van der Waals surface area (Å²) in [5.74, 6) is 1.95. The van der Waals surface area contributed by atoms with Crippen molar-refractivity contribution < 1.29 is 18.9 Å². The third kappa shape index (κ3) is 8.36. The lowest BCUT2D eigenvalue weighted by Crippen LogP contribution is -2.45. The molecule has 2 saturated heterocycles. The minimum absolute atomic E-state index is 0.226. The van der Waals surface area contributed by atoms with E-state index < -0.39 is 0 Å². The fourth-order valence-electron chi connectivity index (χ4n) is 6.89. The van der Waals surface area contributed by atoms with E-state index in [0.29, 0.717) is 54.3 Å². The van der Waals surface area contributed by atoms with Gasteiger partial charge in [-0.15, -0.1) is 5.10 Å². The van der Waals surface area contributed by atoms with Crippen molar-refractivity contribution in [3.05, 3.63) is 55.0 Å². The normalized spacial score (nSPS) is 21.1. The molecule has 4 aromatic rings. The second-order valence-electron chi connectivity index (χ2n) is 13.1. The number of anilines is 2. The van der Waals surface area contributed by atoms with Crippen LogP contribution in [0.3, 0.4) is 0 Å². The number of morpholine rings is 1. The molecule has 7 rings (SSSR count). The molecule has 1 atom stereocenters. The van der Waals surface area contributed by atoms with Gasteiger partial charge in [-0.1, -0.05) is 6.07 Å². The Balaban J connectivity index is 1.04. The number of ether oxygens (including phenoxy) is 4. The van der Waals surface area contributed by atoms with E-state index >= 15 is 0 Å². The molecule has 5 heterocycles. The van der Waals surface area contributed by atoms with Crippen molar-refractivity contribution in [2.24, 2.45) is 5.92 Å². The predicted molar refractivity (Wildman–Crippen MR) is 181 cm³/mol. The Kier molecular flexibility index (Phi) is 10.6. The van der Waals surface area contributed by atoms with Gasteiger partial charge in [0.15, 0.2) is 0 Å². The Morgan fingerprint density at radius 1 is 0.980 bits per heavy atom. The second-order valence-corrected chi connectivity index (χ2v) is 13.1. The van der Waals surface area contributed by atoms with Crippen LogP contribution in [0.25, 0.3) is 11.1 Å². The number of benzene rings is 1. The maximum Gasteiger partial charge on any atom is 0.256 e. The molecule has 1 aliphatic carbocycles. The highest BCUT2D eigenvalue weighted by molar-refractivity contribution is 5.67. The molecule has 258 valence electrons. The first kappa shape index (κ1) is 32.9. The van der Waals surface area contributed by atoms with E-state index in [9.17, 15) is 5.26 Å². The SMILES string of the molecule is C[C@@H](Cn1cncn1)Oc1cc(-c2cnc(Nc3cn([C@H]4CC[C@H](N5CCOCC5)CC4)nc3OCC3CCOCC3)nc2)ccc1C#N. The Morgan fingerprint density at radius 3 is 2.47 bits per heavy atom. The van der Waals surface area contributed by atoms with E-state index in [1.807, 2.05) is 25.3 Å². The molecule has 3 aromatic heterocycles. The largest absolute Gasteiger partial charge is 0.487 e. The molecule has 0 radical (unpaired) electrons. The van der Waals surface area contributed by atoms with Crippen LogP contribution in [-0.4, -0.2) is 97.7 Å². The van der Waals surface area contributed by atoms with Crippen LogP contribution in [0.5, 0.6) is 11.6 Å². The van der Waals surface area contributed by atoms with E-state index in [1.54, 1.807) is 29.5 Å². The summed E-state index contributed by atoms with van der Waals surface area (Å²) in [6, 6.07) is 8.63. The highest BCUT2D eigenvalue weighted by atomic mass is 16.5. The maximum atomic E-state index is 9.69. The topological polar surface area (TPSA) is 150 Å². The number of nitrogens with zero attached hydrogens (tertiary/aromatic N) is 9. The molecule has 2 aliphatic heterocycles. The van der Waals surface area contributed by atoms with Crippen molar-refractivity contribution in [3.8, 4) is 28.8 Å². The van der Waals surface area contributed by atoms with Crippen LogP contribution in [0.15, 0.2) is 49.4 Å². The summed E-state index contributed by atoms with van der Waals surface area (Å²) in [4.78, 5) is 15.8. The van der Waals surface area contributed by atoms with Crippen LogP contribution in [0, 0.1) is 17.2 Å². The van der Waals surface area contributed by atoms with Crippen LogP contribution < -0.4 is 14.8 Å². The van der Waals surface area contributed by atoms with E-state index in [4.69, 9.17) is 24.0 Å². The van der Waals surface area contributed by atoms with Crippen LogP contribution in [0.1, 0.15) is 57.1 Å². The molecule has 0 unspecified atom stereocenters. The zero-order chi connectivity index (χ0) is 33.4. The molecule has 0 bridgehead atoms. The number of nitriles is 1. The Bertz CT molecular complexity index is 1670. The number of aromatic nitrogens is 7. The Hall–Kier alpha value is -4.58. The van der Waals surface area contributed by atoms with Gasteiger partial charge in [0.05, 0.1) is 44.2 Å². The number of rotatable bonds is 12. The van der Waals surface area contributed by atoms with E-state index in [0.717, 1.165) is 94.9 Å². The molecule has 0 spiro atoms. The summed E-state index contributed by atoms with van der Waals surface area (Å²) in [5, 5.41) is 22.2. The molecular weight excluding hydrogens is 624 g/mol. The van der Waals surface area contributed by atoms with Gasteiger partial charge in [0.1, 0.15) is 36.3 Å². The molecule has 14 nitrogen and oxygen atoms in total. The van der Waals surface area contributed by atoms with Gasteiger partial charge in [-0.25, -0.2) is 19.6 Å². The lowest BCUT2D eigenvalue weighted by atomic mass is 9.90. The van der Waals surface area contributed by atoms with Gasteiger partial charge in [0.2, 0.25) is 5.95 Å². The number of nitrogens with one attached hydrogen (secondary N) is 1. The monoisotopic (exact) mass is 668 g/mol. The highest BCUT2D eigenvalue weighted by Gasteiger charge is 2.29. The molecule has 14 heteroatoms. The summed E-state index contributed by atoms with van der Waals surface area (Å²) < 4.78 is 27.4. The smallest absolute Gasteiger partial charge is 0.256 e. The summed E-state index contributed by atoms with van der Waals surface area (Å²) in [7, 11) is 0. The van der Waals surface area contributed by atoms with Crippen LogP contribution >= 0.6 is 0 Å². The third-order valence-electron chi connectivity index (χ3n) is 9.67. The lowest BCUT2D eigenvalue weighted by molar-refractivity contribution is 0.00501. The van der Waals surface area contributed by atoms with Crippen LogP contribution in [-0.2, 0) is 16.0 Å². The molecule has 1 N–H and O–H groups in total. The first-order chi connectivity index (χ1) is 24.1. The molecule has 3 aliphatic rings. The highest BCUT2D eigenvalue weighted by Crippen LogP contribution is 2.35. The zero-order valence-electron chi connectivity index (χ0n) is 28.0. The zero-order valence-corrected chi connectivity index (χ0v) is 28.0. The number of hydrogen-bond acceptors (Lipinski definition) is 12. The lowest BCUT2D eigenvalue weighted by Gasteiger charge is -2.38. The van der Waals surface area contributed by atoms with Crippen molar-refractivity contribution >= 4 is 11.6 Å². The van der Waals surface area contributed by atoms with Crippen molar-refractivity contribution in [3.63, 3.8) is 0 Å². The van der Waals surface area contributed by atoms with Gasteiger partial charge in [-0.2, -0.15) is 10.4 Å². The van der Waals surface area contributed by atoms with Gasteiger partial charge < -0.3 is 24.3 Å². The van der Waals surface area contributed by atoms with Crippen molar-refractivity contribution in [2.45, 2.75) is 70.2 Å². The summed E-state index contributed by atoms with van der Waals surface area (Å²) in [6.45, 7) is 8.29. The molecule has 3 fully saturated rings. The molecule has 49 heavy (non-hydrogen) atoms. The molecule has 1 saturated carbocycles. The molecule has 0 amide bonds. The quantitative estimate of drug-likeness (QED) is 0.224. The molecular formula is C35H44N10O4.